The van der Waals surface area contributed by atoms with Crippen LogP contribution in [0.5, 0.6) is 5.75 Å². The number of pyridine rings is 1. The van der Waals surface area contributed by atoms with E-state index in [1.165, 1.54) is 18.2 Å². The van der Waals surface area contributed by atoms with Crippen LogP contribution in [0, 0.1) is 5.82 Å². The van der Waals surface area contributed by atoms with E-state index in [2.05, 4.69) is 15.0 Å². The van der Waals surface area contributed by atoms with Gasteiger partial charge in [0, 0.05) is 14.1 Å². The Labute approximate surface area is 114 Å². The number of fused-ring (bicyclic) bond motifs is 1. The Morgan fingerprint density at radius 1 is 1.15 bits per heavy atom. The minimum Gasteiger partial charge on any atom is -0.507 e. The summed E-state index contributed by atoms with van der Waals surface area (Å²) in [6, 6.07) is 7.45. The number of halogens is 1. The summed E-state index contributed by atoms with van der Waals surface area (Å²) in [7, 11) is 3.78. The van der Waals surface area contributed by atoms with Crippen molar-refractivity contribution in [3.8, 4) is 17.1 Å². The summed E-state index contributed by atoms with van der Waals surface area (Å²) < 4.78 is 13.3. The predicted molar refractivity (Wildman–Crippen MR) is 75.3 cm³/mol. The SMILES string of the molecule is CN(C)c1ccc2[nH]c(-c3cc(F)ccc3O)nc2n1. The summed E-state index contributed by atoms with van der Waals surface area (Å²) in [4.78, 5) is 13.6. The van der Waals surface area contributed by atoms with Crippen LogP contribution in [-0.4, -0.2) is 34.2 Å². The molecule has 0 unspecified atom stereocenters. The molecule has 2 aromatic heterocycles. The highest BCUT2D eigenvalue weighted by Gasteiger charge is 2.12. The number of rotatable bonds is 2. The van der Waals surface area contributed by atoms with E-state index in [-0.39, 0.29) is 5.75 Å². The van der Waals surface area contributed by atoms with Crippen LogP contribution in [0.3, 0.4) is 0 Å². The molecule has 3 rings (SSSR count). The molecule has 1 aromatic carbocycles. The lowest BCUT2D eigenvalue weighted by Crippen LogP contribution is -2.10. The van der Waals surface area contributed by atoms with Crippen molar-refractivity contribution in [3.05, 3.63) is 36.1 Å². The normalized spacial score (nSPS) is 10.9. The van der Waals surface area contributed by atoms with Gasteiger partial charge in [0.05, 0.1) is 11.1 Å². The van der Waals surface area contributed by atoms with E-state index < -0.39 is 5.82 Å². The molecule has 20 heavy (non-hydrogen) atoms. The van der Waals surface area contributed by atoms with Crippen molar-refractivity contribution in [1.29, 1.82) is 0 Å². The number of aromatic hydroxyl groups is 1. The molecular weight excluding hydrogens is 259 g/mol. The zero-order valence-corrected chi connectivity index (χ0v) is 11.1. The standard InChI is InChI=1S/C14H13FN4O/c1-19(2)12-6-4-10-14(17-12)18-13(16-10)9-7-8(15)3-5-11(9)20/h3-7,20H,1-2H3,(H,16,17,18). The molecular formula is C14H13FN4O. The lowest BCUT2D eigenvalue weighted by Gasteiger charge is -2.09. The van der Waals surface area contributed by atoms with Crippen LogP contribution in [0.1, 0.15) is 0 Å². The van der Waals surface area contributed by atoms with Gasteiger partial charge < -0.3 is 15.0 Å². The van der Waals surface area contributed by atoms with Crippen LogP contribution in [0.25, 0.3) is 22.6 Å². The minimum absolute atomic E-state index is 0.0294. The first-order valence-electron chi connectivity index (χ1n) is 6.07. The van der Waals surface area contributed by atoms with Crippen molar-refractivity contribution in [2.24, 2.45) is 0 Å². The van der Waals surface area contributed by atoms with E-state index in [0.717, 1.165) is 11.3 Å². The Morgan fingerprint density at radius 3 is 2.70 bits per heavy atom. The average Bonchev–Trinajstić information content (AvgIpc) is 2.83. The summed E-state index contributed by atoms with van der Waals surface area (Å²) in [6.07, 6.45) is 0. The molecule has 3 aromatic rings. The highest BCUT2D eigenvalue weighted by Crippen LogP contribution is 2.29. The van der Waals surface area contributed by atoms with Gasteiger partial charge in [-0.15, -0.1) is 0 Å². The van der Waals surface area contributed by atoms with Gasteiger partial charge in [-0.1, -0.05) is 0 Å². The fraction of sp³-hybridized carbons (Fsp3) is 0.143. The minimum atomic E-state index is -0.430. The van der Waals surface area contributed by atoms with Crippen molar-refractivity contribution >= 4 is 17.0 Å². The zero-order chi connectivity index (χ0) is 14.3. The molecule has 5 nitrogen and oxygen atoms in total. The van der Waals surface area contributed by atoms with Crippen LogP contribution in [-0.2, 0) is 0 Å². The number of imidazole rings is 1. The first kappa shape index (κ1) is 12.4. The highest BCUT2D eigenvalue weighted by atomic mass is 19.1. The molecule has 6 heteroatoms. The molecule has 0 aliphatic heterocycles. The maximum atomic E-state index is 13.3. The molecule has 102 valence electrons. The monoisotopic (exact) mass is 272 g/mol. The molecule has 0 amide bonds. The third kappa shape index (κ3) is 2.05. The lowest BCUT2D eigenvalue weighted by molar-refractivity contribution is 0.475. The topological polar surface area (TPSA) is 65.0 Å². The number of hydrogen-bond acceptors (Lipinski definition) is 4. The van der Waals surface area contributed by atoms with Crippen LogP contribution >= 0.6 is 0 Å². The second-order valence-electron chi connectivity index (χ2n) is 4.68. The van der Waals surface area contributed by atoms with Gasteiger partial charge >= 0.3 is 0 Å². The van der Waals surface area contributed by atoms with Crippen LogP contribution in [0.2, 0.25) is 0 Å². The number of aromatic amines is 1. The molecule has 0 spiro atoms. The number of nitrogens with one attached hydrogen (secondary N) is 1. The van der Waals surface area contributed by atoms with Gasteiger partial charge in [0.25, 0.3) is 0 Å². The van der Waals surface area contributed by atoms with Gasteiger partial charge in [0.2, 0.25) is 0 Å². The molecule has 0 radical (unpaired) electrons. The summed E-state index contributed by atoms with van der Waals surface area (Å²) in [6.45, 7) is 0. The molecule has 0 atom stereocenters. The second kappa shape index (κ2) is 4.48. The molecule has 0 saturated heterocycles. The van der Waals surface area contributed by atoms with Gasteiger partial charge in [-0.3, -0.25) is 0 Å². The number of phenols is 1. The smallest absolute Gasteiger partial charge is 0.180 e. The average molecular weight is 272 g/mol. The Balaban J connectivity index is 2.15. The van der Waals surface area contributed by atoms with Gasteiger partial charge in [-0.05, 0) is 30.3 Å². The van der Waals surface area contributed by atoms with Crippen LogP contribution in [0.15, 0.2) is 30.3 Å². The number of phenolic OH excluding ortho intramolecular Hbond substituents is 1. The summed E-state index contributed by atoms with van der Waals surface area (Å²) in [5.41, 5.74) is 1.57. The van der Waals surface area contributed by atoms with E-state index in [0.29, 0.717) is 17.0 Å². The van der Waals surface area contributed by atoms with Crippen molar-refractivity contribution in [2.45, 2.75) is 0 Å². The van der Waals surface area contributed by atoms with E-state index >= 15 is 0 Å². The van der Waals surface area contributed by atoms with Crippen molar-refractivity contribution < 1.29 is 9.50 Å². The molecule has 0 aliphatic carbocycles. The largest absolute Gasteiger partial charge is 0.507 e. The summed E-state index contributed by atoms with van der Waals surface area (Å²) >= 11 is 0. The maximum absolute atomic E-state index is 13.3. The molecule has 0 saturated carbocycles. The van der Waals surface area contributed by atoms with E-state index in [1.54, 1.807) is 0 Å². The van der Waals surface area contributed by atoms with E-state index in [9.17, 15) is 9.50 Å². The van der Waals surface area contributed by atoms with E-state index in [1.807, 2.05) is 31.1 Å². The number of hydrogen-bond donors (Lipinski definition) is 2. The van der Waals surface area contributed by atoms with Crippen LogP contribution in [0.4, 0.5) is 10.2 Å². The Morgan fingerprint density at radius 2 is 1.95 bits per heavy atom. The van der Waals surface area contributed by atoms with Crippen molar-refractivity contribution in [1.82, 2.24) is 15.0 Å². The van der Waals surface area contributed by atoms with Crippen LogP contribution < -0.4 is 4.90 Å². The zero-order valence-electron chi connectivity index (χ0n) is 11.1. The number of aromatic nitrogens is 3. The van der Waals surface area contributed by atoms with Crippen molar-refractivity contribution in [2.75, 3.05) is 19.0 Å². The first-order valence-corrected chi connectivity index (χ1v) is 6.07. The molecule has 2 N–H and O–H groups in total. The molecule has 0 fully saturated rings. The summed E-state index contributed by atoms with van der Waals surface area (Å²) in [5.74, 6) is 0.706. The van der Waals surface area contributed by atoms with Crippen molar-refractivity contribution in [3.63, 3.8) is 0 Å². The Hall–Kier alpha value is -2.63. The van der Waals surface area contributed by atoms with Gasteiger partial charge in [0.15, 0.2) is 5.65 Å². The maximum Gasteiger partial charge on any atom is 0.180 e. The number of benzene rings is 1. The van der Waals surface area contributed by atoms with Gasteiger partial charge in [-0.2, -0.15) is 0 Å². The Kier molecular flexibility index (Phi) is 2.78. The number of H-pyrrole nitrogens is 1. The molecule has 2 heterocycles. The first-order chi connectivity index (χ1) is 9.54. The van der Waals surface area contributed by atoms with E-state index in [4.69, 9.17) is 0 Å². The second-order valence-corrected chi connectivity index (χ2v) is 4.68. The summed E-state index contributed by atoms with van der Waals surface area (Å²) in [5, 5.41) is 9.80. The Bertz CT molecular complexity index is 782. The number of anilines is 1. The quantitative estimate of drug-likeness (QED) is 0.752. The fourth-order valence-electron chi connectivity index (χ4n) is 1.96. The van der Waals surface area contributed by atoms with Gasteiger partial charge in [0.1, 0.15) is 23.2 Å². The third-order valence-corrected chi connectivity index (χ3v) is 3.00. The fourth-order valence-corrected chi connectivity index (χ4v) is 1.96. The predicted octanol–water partition coefficient (Wildman–Crippen LogP) is 2.54. The number of nitrogens with zero attached hydrogens (tertiary/aromatic N) is 3. The molecule has 0 aliphatic rings. The van der Waals surface area contributed by atoms with Gasteiger partial charge in [-0.25, -0.2) is 14.4 Å². The highest BCUT2D eigenvalue weighted by molar-refractivity contribution is 5.79. The third-order valence-electron chi connectivity index (χ3n) is 3.00. The lowest BCUT2D eigenvalue weighted by atomic mass is 10.2. The molecule has 0 bridgehead atoms.